The molecule has 10 rings (SSSR count). The van der Waals surface area contributed by atoms with E-state index < -0.39 is 90.1 Å². The minimum atomic E-state index is -1.36. The summed E-state index contributed by atoms with van der Waals surface area (Å²) in [5, 5.41) is 65.7. The van der Waals surface area contributed by atoms with Crippen molar-refractivity contribution in [2.24, 2.45) is 11.5 Å². The lowest BCUT2D eigenvalue weighted by Crippen LogP contribution is -2.33. The highest BCUT2D eigenvalue weighted by molar-refractivity contribution is 7.99. The lowest BCUT2D eigenvalue weighted by molar-refractivity contribution is -0.139. The van der Waals surface area contributed by atoms with E-state index in [1.807, 2.05) is 4.98 Å². The van der Waals surface area contributed by atoms with Gasteiger partial charge in [0.2, 0.25) is 0 Å². The Kier molecular flexibility index (Phi) is 21.1. The predicted molar refractivity (Wildman–Crippen MR) is 268 cm³/mol. The smallest absolute Gasteiger partial charge is 0.327 e. The van der Waals surface area contributed by atoms with Crippen LogP contribution in [-0.2, 0) is 19.1 Å². The van der Waals surface area contributed by atoms with Gasteiger partial charge in [-0.15, -0.1) is 0 Å². The zero-order valence-electron chi connectivity index (χ0n) is 39.0. The topological polar surface area (TPSA) is 617 Å². The van der Waals surface area contributed by atoms with Crippen molar-refractivity contribution in [1.29, 1.82) is 0 Å². The van der Waals surface area contributed by atoms with E-state index in [-0.39, 0.29) is 28.0 Å². The zero-order valence-corrected chi connectivity index (χ0v) is 40.7. The molecule has 0 aromatic carbocycles. The van der Waals surface area contributed by atoms with Gasteiger partial charge < -0.3 is 88.6 Å². The van der Waals surface area contributed by atoms with Crippen LogP contribution in [0.25, 0.3) is 44.7 Å². The number of carboxylic acid groups (broad SMARTS) is 2. The van der Waals surface area contributed by atoms with Crippen molar-refractivity contribution in [2.45, 2.75) is 74.1 Å². The number of hydrogen-bond acceptors (Lipinski definition) is 27. The second-order valence-electron chi connectivity index (χ2n) is 15.7. The number of aliphatic carboxylic acids is 2. The van der Waals surface area contributed by atoms with Crippen LogP contribution < -0.4 is 45.4 Å². The number of H-pyrrole nitrogens is 7. The van der Waals surface area contributed by atoms with E-state index in [0.717, 1.165) is 0 Å². The molecule has 0 radical (unpaired) electrons. The average molecular weight is 1110 g/mol. The van der Waals surface area contributed by atoms with Gasteiger partial charge >= 0.3 is 23.3 Å². The molecule has 2 aliphatic rings. The number of carbonyl (C=O) groups is 2. The molecule has 5 unspecified atom stereocenters. The first-order valence-electron chi connectivity index (χ1n) is 21.7. The molecule has 36 nitrogen and oxygen atoms in total. The maximum atomic E-state index is 10.9. The molecule has 0 bridgehead atoms. The van der Waals surface area contributed by atoms with Crippen molar-refractivity contribution >= 4 is 91.8 Å². The Morgan fingerprint density at radius 1 is 0.618 bits per heavy atom. The molecule has 8 aromatic heterocycles. The van der Waals surface area contributed by atoms with Gasteiger partial charge in [-0.05, 0) is 24.3 Å². The second-order valence-corrected chi connectivity index (χ2v) is 18.0. The number of aliphatic hydroxyl groups excluding tert-OH is 5. The van der Waals surface area contributed by atoms with Crippen molar-refractivity contribution in [3.8, 4) is 0 Å². The Labute approximate surface area is 429 Å². The van der Waals surface area contributed by atoms with Crippen LogP contribution in [0, 0.1) is 0 Å². The summed E-state index contributed by atoms with van der Waals surface area (Å²) in [5.41, 5.74) is 23.1. The first-order chi connectivity index (χ1) is 35.7. The molecule has 0 spiro atoms. The number of hydrogen-bond donors (Lipinski definition) is 18. The quantitative estimate of drug-likeness (QED) is 0.0477. The number of carboxylic acids is 2. The number of nitrogen functional groups attached to an aromatic ring is 2. The van der Waals surface area contributed by atoms with E-state index in [4.69, 9.17) is 47.7 Å². The second kappa shape index (κ2) is 27.2. The SMILES string of the molecule is NC(CCSC[C@H]1OC(O)[C@@H](O)C1O)C(=O)O.Nc1ncnc2c1ncn2[C@@H]1O[C@H](CSCCC(N)C(=O)O)C(O)[C@@H]1O.Nc1ncnc2nc[nH]c12.O.O=c1[nH]c(=O)c2[nH]c(=O)[nH]c2[nH]1.O=c1[nH]cnc2nc[nH]c12. The summed E-state index contributed by atoms with van der Waals surface area (Å²) >= 11 is 2.75. The van der Waals surface area contributed by atoms with Gasteiger partial charge in [0.05, 0.1) is 37.5 Å². The standard InChI is InChI=1S/C14H20N6O5S.C9H17NO6S.C5H5N5.C5H4N4O3.C5H4N4O.H2O/c15-6(14(23)24)1-2-26-3-7-9(21)10(22)13(25-7)20-5-19-8-11(16)17-4-18-12(8)20;10-4(8(13)14)1-2-17-3-5-6(11)7(12)9(15)16-5;6-4-3-5(9-1-7-3)10-2-8-4;10-3-1-2(7-4(11)6-1)8-5(12)9-3;10-5-3-4(7-1-6-3)8-2-9-5;/h4-7,9-10,13,21-22H,1-3,15H2,(H,23,24)(H2,16,17,18);4-7,9,11-12,15H,1-3,10H2,(H,13,14);1-2H,(H3,6,7,8,9,10);(H4,6,7,8,9,10,11,12);1-2H,(H2,6,7,8,9,10);1H2/t6?,7-,9?,10+,13-;4?,5-,6?,7+,9?;;;;/m11..../s1. The summed E-state index contributed by atoms with van der Waals surface area (Å²) in [7, 11) is 0. The minimum Gasteiger partial charge on any atom is -0.480 e. The molecule has 0 saturated carbocycles. The molecule has 2 saturated heterocycles. The number of fused-ring (bicyclic) bond motifs is 4. The van der Waals surface area contributed by atoms with Crippen LogP contribution in [0.3, 0.4) is 0 Å². The summed E-state index contributed by atoms with van der Waals surface area (Å²) in [6, 6.07) is -1.81. The molecule has 2 fully saturated rings. The average Bonchev–Trinajstić information content (AvgIpc) is 4.26. The molecule has 10 atom stereocenters. The summed E-state index contributed by atoms with van der Waals surface area (Å²) in [4.78, 5) is 112. The van der Waals surface area contributed by atoms with Crippen molar-refractivity contribution in [2.75, 3.05) is 34.5 Å². The maximum absolute atomic E-state index is 10.9. The minimum absolute atomic E-state index is 0. The highest BCUT2D eigenvalue weighted by Gasteiger charge is 2.44. The number of rotatable bonds is 13. The van der Waals surface area contributed by atoms with Crippen molar-refractivity contribution < 1.29 is 60.3 Å². The molecule has 10 heterocycles. The third kappa shape index (κ3) is 15.0. The van der Waals surface area contributed by atoms with Gasteiger partial charge in [-0.2, -0.15) is 23.5 Å². The Balaban J connectivity index is 0.000000185. The molecule has 76 heavy (non-hydrogen) atoms. The number of thioether (sulfide) groups is 2. The third-order valence-electron chi connectivity index (χ3n) is 10.6. The molecule has 412 valence electrons. The largest absolute Gasteiger partial charge is 0.480 e. The molecule has 2 aliphatic heterocycles. The van der Waals surface area contributed by atoms with E-state index in [2.05, 4.69) is 69.8 Å². The predicted octanol–water partition coefficient (Wildman–Crippen LogP) is -6.49. The summed E-state index contributed by atoms with van der Waals surface area (Å²) in [6.07, 6.45) is 0.833. The zero-order chi connectivity index (χ0) is 54.5. The van der Waals surface area contributed by atoms with E-state index in [0.29, 0.717) is 75.2 Å². The number of nitrogens with zero attached hydrogens (tertiary/aromatic N) is 9. The normalized spacial score (nSPS) is 21.5. The summed E-state index contributed by atoms with van der Waals surface area (Å²) < 4.78 is 12.2. The molecular weight excluding hydrogens is 1060 g/mol. The van der Waals surface area contributed by atoms with Crippen molar-refractivity contribution in [3.05, 3.63) is 79.6 Å². The molecule has 24 N–H and O–H groups in total. The summed E-state index contributed by atoms with van der Waals surface area (Å²) in [5.74, 6) is 0.295. The van der Waals surface area contributed by atoms with Gasteiger partial charge in [0.25, 0.3) is 11.1 Å². The maximum Gasteiger partial charge on any atom is 0.327 e. The van der Waals surface area contributed by atoms with Crippen LogP contribution in [0.1, 0.15) is 19.1 Å². The molecule has 0 amide bonds. The number of anilines is 2. The van der Waals surface area contributed by atoms with Crippen LogP contribution in [0.4, 0.5) is 11.6 Å². The highest BCUT2D eigenvalue weighted by atomic mass is 32.2. The van der Waals surface area contributed by atoms with E-state index in [1.54, 1.807) is 0 Å². The van der Waals surface area contributed by atoms with Gasteiger partial charge in [0.1, 0.15) is 71.4 Å². The van der Waals surface area contributed by atoms with Gasteiger partial charge in [-0.1, -0.05) is 0 Å². The number of nitrogens with one attached hydrogen (secondary N) is 7. The molecule has 8 aromatic rings. The number of aromatic nitrogens is 16. The van der Waals surface area contributed by atoms with E-state index in [9.17, 15) is 49.2 Å². The lowest BCUT2D eigenvalue weighted by atomic mass is 10.1. The van der Waals surface area contributed by atoms with Crippen molar-refractivity contribution in [3.63, 3.8) is 0 Å². The Morgan fingerprint density at radius 3 is 1.71 bits per heavy atom. The number of aromatic amines is 7. The number of ether oxygens (including phenoxy) is 2. The summed E-state index contributed by atoms with van der Waals surface area (Å²) in [6.45, 7) is 0. The molecule has 0 aliphatic carbocycles. The molecular formula is C38H52N20O16S2. The van der Waals surface area contributed by atoms with Gasteiger partial charge in [0, 0.05) is 11.5 Å². The fourth-order valence-corrected chi connectivity index (χ4v) is 8.79. The van der Waals surface area contributed by atoms with Gasteiger partial charge in [-0.3, -0.25) is 43.7 Å². The Morgan fingerprint density at radius 2 is 1.14 bits per heavy atom. The number of nitrogens with two attached hydrogens (primary N) is 4. The Bertz CT molecular complexity index is 3400. The Hall–Kier alpha value is -7.76. The fraction of sp³-hybridized carbons (Fsp3) is 0.421. The van der Waals surface area contributed by atoms with E-state index >= 15 is 0 Å². The lowest BCUT2D eigenvalue weighted by Gasteiger charge is -2.16. The first kappa shape index (κ1) is 59.1. The number of aliphatic hydroxyl groups is 5. The first-order valence-corrected chi connectivity index (χ1v) is 24.0. The van der Waals surface area contributed by atoms with Gasteiger partial charge in [-0.25, -0.2) is 49.5 Å². The van der Waals surface area contributed by atoms with Crippen LogP contribution in [0.5, 0.6) is 0 Å². The van der Waals surface area contributed by atoms with Crippen LogP contribution >= 0.6 is 23.5 Å². The van der Waals surface area contributed by atoms with E-state index in [1.165, 1.54) is 66.1 Å². The van der Waals surface area contributed by atoms with Crippen molar-refractivity contribution in [1.82, 2.24) is 79.3 Å². The van der Waals surface area contributed by atoms with Crippen LogP contribution in [0.15, 0.2) is 57.1 Å². The molecule has 38 heteroatoms. The van der Waals surface area contributed by atoms with Crippen LogP contribution in [-0.4, -0.2) is 210 Å². The fourth-order valence-electron chi connectivity index (χ4n) is 6.60. The third-order valence-corrected chi connectivity index (χ3v) is 12.8. The van der Waals surface area contributed by atoms with Crippen LogP contribution in [0.2, 0.25) is 0 Å². The van der Waals surface area contributed by atoms with Gasteiger partial charge in [0.15, 0.2) is 46.6 Å². The number of imidazole rings is 4. The highest BCUT2D eigenvalue weighted by Crippen LogP contribution is 2.33. The monoisotopic (exact) mass is 1110 g/mol.